The first-order valence-corrected chi connectivity index (χ1v) is 14.7. The Morgan fingerprint density at radius 1 is 1.07 bits per heavy atom. The summed E-state index contributed by atoms with van der Waals surface area (Å²) >= 11 is 1.26. The maximum absolute atomic E-state index is 13.3. The average Bonchev–Trinajstić information content (AvgIpc) is 3.64. The zero-order valence-electron chi connectivity index (χ0n) is 24.1. The van der Waals surface area contributed by atoms with Gasteiger partial charge in [-0.15, -0.1) is 11.3 Å². The molecule has 0 saturated heterocycles. The van der Waals surface area contributed by atoms with Crippen molar-refractivity contribution in [1.82, 2.24) is 30.8 Å². The van der Waals surface area contributed by atoms with Crippen molar-refractivity contribution in [1.29, 1.82) is 0 Å². The Bertz CT molecular complexity index is 1390. The maximum atomic E-state index is 13.3. The number of hydrogen-bond donors (Lipinski definition) is 3. The number of nitrogens with one attached hydrogen (secondary N) is 3. The van der Waals surface area contributed by atoms with Crippen molar-refractivity contribution in [2.24, 2.45) is 5.92 Å². The van der Waals surface area contributed by atoms with Crippen LogP contribution in [-0.2, 0) is 20.7 Å². The Kier molecular flexibility index (Phi) is 10.4. The van der Waals surface area contributed by atoms with Gasteiger partial charge in [0.15, 0.2) is 5.69 Å². The summed E-state index contributed by atoms with van der Waals surface area (Å²) in [5, 5.41) is 10.8. The molecule has 2 atom stereocenters. The van der Waals surface area contributed by atoms with Gasteiger partial charge >= 0.3 is 0 Å². The van der Waals surface area contributed by atoms with Gasteiger partial charge in [0.25, 0.3) is 11.8 Å². The number of fused-ring (bicyclic) bond motifs is 4. The molecule has 3 N–H and O–H groups in total. The molecule has 1 aromatic carbocycles. The zero-order valence-corrected chi connectivity index (χ0v) is 24.9. The van der Waals surface area contributed by atoms with Crippen molar-refractivity contribution in [3.63, 3.8) is 0 Å². The summed E-state index contributed by atoms with van der Waals surface area (Å²) in [5.41, 5.74) is 1.14. The summed E-state index contributed by atoms with van der Waals surface area (Å²) in [6.45, 7) is 7.18. The van der Waals surface area contributed by atoms with E-state index < -0.39 is 29.8 Å². The molecule has 0 radical (unpaired) electrons. The molecule has 42 heavy (non-hydrogen) atoms. The number of rotatable bonds is 6. The number of ether oxygens (including phenoxy) is 1. The number of benzene rings is 1. The van der Waals surface area contributed by atoms with Crippen molar-refractivity contribution in [3.05, 3.63) is 69.8 Å². The second-order valence-corrected chi connectivity index (χ2v) is 11.5. The van der Waals surface area contributed by atoms with Gasteiger partial charge in [-0.1, -0.05) is 44.2 Å². The van der Waals surface area contributed by atoms with Crippen LogP contribution in [0.25, 0.3) is 0 Å². The van der Waals surface area contributed by atoms with Gasteiger partial charge in [0.1, 0.15) is 29.6 Å². The van der Waals surface area contributed by atoms with Crippen molar-refractivity contribution < 1.29 is 28.3 Å². The Labute approximate surface area is 248 Å². The topological polar surface area (TPSA) is 156 Å². The minimum Gasteiger partial charge on any atom is -0.446 e. The van der Waals surface area contributed by atoms with Crippen LogP contribution in [0.15, 0.2) is 46.4 Å². The van der Waals surface area contributed by atoms with Crippen molar-refractivity contribution in [2.75, 3.05) is 26.2 Å². The Morgan fingerprint density at radius 2 is 1.83 bits per heavy atom. The van der Waals surface area contributed by atoms with Crippen LogP contribution in [0.4, 0.5) is 0 Å². The fourth-order valence-electron chi connectivity index (χ4n) is 4.29. The third-order valence-corrected chi connectivity index (χ3v) is 7.47. The summed E-state index contributed by atoms with van der Waals surface area (Å²) in [6.07, 6.45) is 1.42. The first kappa shape index (κ1) is 30.8. The summed E-state index contributed by atoms with van der Waals surface area (Å²) in [5.74, 6) is -1.63. The molecule has 13 heteroatoms. The minimum absolute atomic E-state index is 0.0212. The lowest BCUT2D eigenvalue weighted by molar-refractivity contribution is -0.141. The number of oxazole rings is 1. The first-order valence-electron chi connectivity index (χ1n) is 13.8. The summed E-state index contributed by atoms with van der Waals surface area (Å²) in [7, 11) is 0. The quantitative estimate of drug-likeness (QED) is 0.392. The largest absolute Gasteiger partial charge is 0.446 e. The predicted octanol–water partition coefficient (Wildman–Crippen LogP) is 2.66. The molecule has 2 aromatic heterocycles. The van der Waals surface area contributed by atoms with E-state index in [-0.39, 0.29) is 61.4 Å². The molecule has 3 heterocycles. The SMILES string of the molecule is CC(C)OCC(=O)N1CCNC(=O)c2coc(n2)[C@H](Cc2ccccc2)NC(=O)c2csc(n2)[C@H](C(C)C)NC(=O)C1. The number of nitrogens with zero attached hydrogens (tertiary/aromatic N) is 3. The van der Waals surface area contributed by atoms with E-state index in [4.69, 9.17) is 9.15 Å². The maximum Gasteiger partial charge on any atom is 0.273 e. The molecular formula is C29H36N6O6S. The molecule has 0 saturated carbocycles. The minimum atomic E-state index is -0.680. The third kappa shape index (κ3) is 8.23. The molecule has 3 aromatic rings. The molecule has 4 rings (SSSR count). The molecule has 0 spiro atoms. The third-order valence-electron chi connectivity index (χ3n) is 6.54. The fourth-order valence-corrected chi connectivity index (χ4v) is 5.31. The highest BCUT2D eigenvalue weighted by molar-refractivity contribution is 7.09. The van der Waals surface area contributed by atoms with E-state index in [9.17, 15) is 19.2 Å². The monoisotopic (exact) mass is 596 g/mol. The van der Waals surface area contributed by atoms with E-state index in [0.717, 1.165) is 5.56 Å². The van der Waals surface area contributed by atoms with Crippen LogP contribution in [0.1, 0.15) is 77.2 Å². The van der Waals surface area contributed by atoms with Crippen LogP contribution in [0.2, 0.25) is 0 Å². The van der Waals surface area contributed by atoms with Crippen LogP contribution in [0.5, 0.6) is 0 Å². The van der Waals surface area contributed by atoms with Gasteiger partial charge < -0.3 is 30.0 Å². The van der Waals surface area contributed by atoms with Gasteiger partial charge in [-0.05, 0) is 25.3 Å². The van der Waals surface area contributed by atoms with Gasteiger partial charge in [-0.3, -0.25) is 19.2 Å². The van der Waals surface area contributed by atoms with Crippen molar-refractivity contribution >= 4 is 35.0 Å². The molecule has 1 aliphatic heterocycles. The summed E-state index contributed by atoms with van der Waals surface area (Å²) in [6, 6.07) is 8.35. The molecule has 224 valence electrons. The molecule has 4 amide bonds. The van der Waals surface area contributed by atoms with Gasteiger partial charge in [0.2, 0.25) is 17.7 Å². The van der Waals surface area contributed by atoms with E-state index in [1.807, 2.05) is 58.0 Å². The second kappa shape index (κ2) is 14.2. The highest BCUT2D eigenvalue weighted by Gasteiger charge is 2.28. The molecule has 0 aliphatic carbocycles. The standard InChI is InChI=1S/C29H36N6O6S/c1-17(2)25-29-33-22(16-42-29)27(39)31-20(12-19-8-6-5-7-9-19)28-32-21(14-41-28)26(38)30-10-11-35(13-23(36)34-25)24(37)15-40-18(3)4/h5-9,14,16-18,20,25H,10-13,15H2,1-4H3,(H,30,38)(H,31,39)(H,34,36)/t20-,25-/m0/s1. The summed E-state index contributed by atoms with van der Waals surface area (Å²) < 4.78 is 11.1. The predicted molar refractivity (Wildman–Crippen MR) is 155 cm³/mol. The Hall–Kier alpha value is -4.10. The van der Waals surface area contributed by atoms with Crippen LogP contribution in [0.3, 0.4) is 0 Å². The molecule has 1 aliphatic rings. The molecule has 0 fully saturated rings. The van der Waals surface area contributed by atoms with E-state index in [1.54, 1.807) is 5.38 Å². The molecular weight excluding hydrogens is 560 g/mol. The number of aromatic nitrogens is 2. The smallest absolute Gasteiger partial charge is 0.273 e. The highest BCUT2D eigenvalue weighted by Crippen LogP contribution is 2.26. The van der Waals surface area contributed by atoms with Crippen molar-refractivity contribution in [2.45, 2.75) is 52.3 Å². The van der Waals surface area contributed by atoms with Gasteiger partial charge in [-0.25, -0.2) is 9.97 Å². The van der Waals surface area contributed by atoms with E-state index in [0.29, 0.717) is 11.4 Å². The van der Waals surface area contributed by atoms with Gasteiger partial charge in [0, 0.05) is 24.9 Å². The Balaban J connectivity index is 1.65. The van der Waals surface area contributed by atoms with Crippen LogP contribution in [-0.4, -0.2) is 70.8 Å². The number of thiazole rings is 1. The summed E-state index contributed by atoms with van der Waals surface area (Å²) in [4.78, 5) is 62.5. The van der Waals surface area contributed by atoms with Gasteiger partial charge in [-0.2, -0.15) is 0 Å². The van der Waals surface area contributed by atoms with Crippen molar-refractivity contribution in [3.8, 4) is 0 Å². The highest BCUT2D eigenvalue weighted by atomic mass is 32.1. The second-order valence-electron chi connectivity index (χ2n) is 10.6. The van der Waals surface area contributed by atoms with Crippen LogP contribution in [0, 0.1) is 5.92 Å². The number of amides is 4. The van der Waals surface area contributed by atoms with Crippen LogP contribution >= 0.6 is 11.3 Å². The lowest BCUT2D eigenvalue weighted by atomic mass is 10.0. The zero-order chi connectivity index (χ0) is 30.2. The molecule has 12 nitrogen and oxygen atoms in total. The number of carbonyl (C=O) groups is 4. The van der Waals surface area contributed by atoms with Crippen LogP contribution < -0.4 is 16.0 Å². The lowest BCUT2D eigenvalue weighted by Crippen LogP contribution is -2.46. The lowest BCUT2D eigenvalue weighted by Gasteiger charge is -2.25. The average molecular weight is 597 g/mol. The normalized spacial score (nSPS) is 18.7. The number of hydrogen-bond acceptors (Lipinski definition) is 9. The van der Waals surface area contributed by atoms with E-state index in [1.165, 1.54) is 22.5 Å². The van der Waals surface area contributed by atoms with Gasteiger partial charge in [0.05, 0.1) is 18.7 Å². The Morgan fingerprint density at radius 3 is 2.55 bits per heavy atom. The van der Waals surface area contributed by atoms with E-state index in [2.05, 4.69) is 25.9 Å². The van der Waals surface area contributed by atoms with E-state index >= 15 is 0 Å². The number of carbonyl (C=O) groups excluding carboxylic acids is 4. The fraction of sp³-hybridized carbons (Fsp3) is 0.448. The first-order chi connectivity index (χ1) is 20.1. The molecule has 4 bridgehead atoms. The molecule has 0 unspecified atom stereocenters.